The average Bonchev–Trinajstić information content (AvgIpc) is 2.30. The summed E-state index contributed by atoms with van der Waals surface area (Å²) in [6.45, 7) is 0. The maximum atomic E-state index is 5.11. The lowest BCUT2D eigenvalue weighted by molar-refractivity contribution is 0.414. The van der Waals surface area contributed by atoms with Crippen LogP contribution in [0.4, 0.5) is 0 Å². The SMILES string of the molecule is COc1ccc(SCCCCCS)cc1. The molecule has 0 saturated carbocycles. The number of methoxy groups -OCH3 is 1. The normalized spacial score (nSPS) is 10.3. The van der Waals surface area contributed by atoms with Gasteiger partial charge in [0.2, 0.25) is 0 Å². The Hall–Kier alpha value is -0.280. The van der Waals surface area contributed by atoms with Crippen molar-refractivity contribution < 1.29 is 4.74 Å². The third kappa shape index (κ3) is 5.38. The van der Waals surface area contributed by atoms with E-state index in [1.807, 2.05) is 23.9 Å². The van der Waals surface area contributed by atoms with Crippen LogP contribution in [0, 0.1) is 0 Å². The molecule has 1 rings (SSSR count). The van der Waals surface area contributed by atoms with E-state index in [9.17, 15) is 0 Å². The first-order valence-corrected chi connectivity index (χ1v) is 6.86. The quantitative estimate of drug-likeness (QED) is 0.441. The van der Waals surface area contributed by atoms with Crippen LogP contribution in [0.5, 0.6) is 5.75 Å². The average molecular weight is 242 g/mol. The minimum absolute atomic E-state index is 0.925. The van der Waals surface area contributed by atoms with Gasteiger partial charge in [-0.3, -0.25) is 0 Å². The summed E-state index contributed by atoms with van der Waals surface area (Å²) in [5, 5.41) is 0. The van der Waals surface area contributed by atoms with Crippen molar-refractivity contribution in [1.82, 2.24) is 0 Å². The largest absolute Gasteiger partial charge is 0.497 e. The van der Waals surface area contributed by atoms with Crippen LogP contribution in [0.1, 0.15) is 19.3 Å². The molecule has 0 aliphatic heterocycles. The van der Waals surface area contributed by atoms with Crippen LogP contribution in [-0.4, -0.2) is 18.6 Å². The van der Waals surface area contributed by atoms with E-state index in [1.165, 1.54) is 29.9 Å². The van der Waals surface area contributed by atoms with Crippen molar-refractivity contribution in [3.8, 4) is 5.75 Å². The molecular formula is C12H18OS2. The topological polar surface area (TPSA) is 9.23 Å². The Kier molecular flexibility index (Phi) is 6.77. The van der Waals surface area contributed by atoms with Crippen LogP contribution in [0.2, 0.25) is 0 Å². The van der Waals surface area contributed by atoms with Crippen LogP contribution in [-0.2, 0) is 0 Å². The molecule has 3 heteroatoms. The Balaban J connectivity index is 2.20. The molecule has 0 saturated heterocycles. The number of unbranched alkanes of at least 4 members (excludes halogenated alkanes) is 2. The highest BCUT2D eigenvalue weighted by atomic mass is 32.2. The van der Waals surface area contributed by atoms with E-state index >= 15 is 0 Å². The number of rotatable bonds is 7. The van der Waals surface area contributed by atoms with Gasteiger partial charge in [-0.2, -0.15) is 12.6 Å². The zero-order chi connectivity index (χ0) is 10.9. The van der Waals surface area contributed by atoms with Crippen molar-refractivity contribution in [2.75, 3.05) is 18.6 Å². The van der Waals surface area contributed by atoms with Gasteiger partial charge in [0.1, 0.15) is 5.75 Å². The molecule has 0 aliphatic carbocycles. The van der Waals surface area contributed by atoms with E-state index in [-0.39, 0.29) is 0 Å². The number of ether oxygens (including phenoxy) is 1. The summed E-state index contributed by atoms with van der Waals surface area (Å²) in [6, 6.07) is 8.25. The number of hydrogen-bond donors (Lipinski definition) is 1. The molecule has 0 bridgehead atoms. The number of thioether (sulfide) groups is 1. The summed E-state index contributed by atoms with van der Waals surface area (Å²) >= 11 is 6.10. The second-order valence-corrected chi connectivity index (χ2v) is 4.92. The second kappa shape index (κ2) is 7.94. The molecule has 15 heavy (non-hydrogen) atoms. The number of benzene rings is 1. The molecular weight excluding hydrogens is 224 g/mol. The maximum Gasteiger partial charge on any atom is 0.118 e. The molecule has 1 aromatic carbocycles. The fourth-order valence-corrected chi connectivity index (χ4v) is 2.39. The molecule has 0 spiro atoms. The van der Waals surface area contributed by atoms with Crippen LogP contribution in [0.25, 0.3) is 0 Å². The summed E-state index contributed by atoms with van der Waals surface area (Å²) in [6.07, 6.45) is 3.79. The zero-order valence-electron chi connectivity index (χ0n) is 9.11. The van der Waals surface area contributed by atoms with Gasteiger partial charge in [-0.15, -0.1) is 11.8 Å². The van der Waals surface area contributed by atoms with E-state index in [0.29, 0.717) is 0 Å². The highest BCUT2D eigenvalue weighted by Gasteiger charge is 1.95. The second-order valence-electron chi connectivity index (χ2n) is 3.31. The highest BCUT2D eigenvalue weighted by Crippen LogP contribution is 2.22. The van der Waals surface area contributed by atoms with Crippen LogP contribution in [0.3, 0.4) is 0 Å². The highest BCUT2D eigenvalue weighted by molar-refractivity contribution is 7.99. The summed E-state index contributed by atoms with van der Waals surface area (Å²) in [7, 11) is 1.69. The van der Waals surface area contributed by atoms with E-state index in [2.05, 4.69) is 24.8 Å². The molecule has 1 nitrogen and oxygen atoms in total. The van der Waals surface area contributed by atoms with Crippen LogP contribution >= 0.6 is 24.4 Å². The van der Waals surface area contributed by atoms with Crippen molar-refractivity contribution in [3.05, 3.63) is 24.3 Å². The van der Waals surface area contributed by atoms with Crippen molar-refractivity contribution >= 4 is 24.4 Å². The van der Waals surface area contributed by atoms with Gasteiger partial charge in [-0.05, 0) is 48.6 Å². The van der Waals surface area contributed by atoms with E-state index in [0.717, 1.165) is 11.5 Å². The molecule has 0 amide bonds. The van der Waals surface area contributed by atoms with Gasteiger partial charge < -0.3 is 4.74 Å². The molecule has 0 N–H and O–H groups in total. The van der Waals surface area contributed by atoms with E-state index in [4.69, 9.17) is 4.74 Å². The molecule has 1 aromatic rings. The van der Waals surface area contributed by atoms with Crippen molar-refractivity contribution in [3.63, 3.8) is 0 Å². The number of hydrogen-bond acceptors (Lipinski definition) is 3. The third-order valence-corrected chi connectivity index (χ3v) is 3.55. The van der Waals surface area contributed by atoms with Gasteiger partial charge in [0.05, 0.1) is 7.11 Å². The van der Waals surface area contributed by atoms with Crippen LogP contribution < -0.4 is 4.74 Å². The van der Waals surface area contributed by atoms with Crippen molar-refractivity contribution in [2.24, 2.45) is 0 Å². The van der Waals surface area contributed by atoms with Gasteiger partial charge in [-0.1, -0.05) is 6.42 Å². The molecule has 0 aliphatic rings. The zero-order valence-corrected chi connectivity index (χ0v) is 10.8. The Labute approximate surface area is 102 Å². The molecule has 0 fully saturated rings. The fourth-order valence-electron chi connectivity index (χ4n) is 1.25. The lowest BCUT2D eigenvalue weighted by Crippen LogP contribution is -1.84. The van der Waals surface area contributed by atoms with E-state index in [1.54, 1.807) is 7.11 Å². The first-order valence-electron chi connectivity index (χ1n) is 5.24. The lowest BCUT2D eigenvalue weighted by atomic mass is 10.3. The van der Waals surface area contributed by atoms with Gasteiger partial charge in [0, 0.05) is 4.90 Å². The molecule has 0 radical (unpaired) electrons. The molecule has 0 atom stereocenters. The first kappa shape index (κ1) is 12.8. The van der Waals surface area contributed by atoms with Gasteiger partial charge >= 0.3 is 0 Å². The minimum Gasteiger partial charge on any atom is -0.497 e. The Bertz CT molecular complexity index is 259. The summed E-state index contributed by atoms with van der Waals surface area (Å²) < 4.78 is 5.11. The molecule has 0 unspecified atom stereocenters. The summed E-state index contributed by atoms with van der Waals surface area (Å²) in [5.74, 6) is 3.13. The fraction of sp³-hybridized carbons (Fsp3) is 0.500. The first-order chi connectivity index (χ1) is 7.36. The van der Waals surface area contributed by atoms with E-state index < -0.39 is 0 Å². The van der Waals surface area contributed by atoms with Gasteiger partial charge in [-0.25, -0.2) is 0 Å². The maximum absolute atomic E-state index is 5.11. The summed E-state index contributed by atoms with van der Waals surface area (Å²) in [5.41, 5.74) is 0. The number of thiol groups is 1. The monoisotopic (exact) mass is 242 g/mol. The van der Waals surface area contributed by atoms with Crippen LogP contribution in [0.15, 0.2) is 29.2 Å². The standard InChI is InChI=1S/C12H18OS2/c1-13-11-5-7-12(8-6-11)15-10-4-2-3-9-14/h5-8,14H,2-4,9-10H2,1H3. The Morgan fingerprint density at radius 3 is 2.47 bits per heavy atom. The van der Waals surface area contributed by atoms with Gasteiger partial charge in [0.25, 0.3) is 0 Å². The molecule has 0 heterocycles. The predicted molar refractivity (Wildman–Crippen MR) is 71.4 cm³/mol. The molecule has 0 aromatic heterocycles. The van der Waals surface area contributed by atoms with Crippen molar-refractivity contribution in [1.29, 1.82) is 0 Å². The third-order valence-electron chi connectivity index (χ3n) is 2.13. The van der Waals surface area contributed by atoms with Gasteiger partial charge in [0.15, 0.2) is 0 Å². The Morgan fingerprint density at radius 2 is 1.87 bits per heavy atom. The minimum atomic E-state index is 0.925. The van der Waals surface area contributed by atoms with Crippen molar-refractivity contribution in [2.45, 2.75) is 24.2 Å². The predicted octanol–water partition coefficient (Wildman–Crippen LogP) is 3.89. The Morgan fingerprint density at radius 1 is 1.13 bits per heavy atom. The molecule has 84 valence electrons. The lowest BCUT2D eigenvalue weighted by Gasteiger charge is -2.03. The smallest absolute Gasteiger partial charge is 0.118 e. The summed E-state index contributed by atoms with van der Waals surface area (Å²) in [4.78, 5) is 1.32.